The Bertz CT molecular complexity index is 493. The maximum atomic E-state index is 12.5. The predicted octanol–water partition coefficient (Wildman–Crippen LogP) is 1.49. The van der Waals surface area contributed by atoms with Crippen LogP contribution in [0.4, 0.5) is 5.69 Å². The summed E-state index contributed by atoms with van der Waals surface area (Å²) >= 11 is 5.98. The fraction of sp³-hybridized carbons (Fsp3) is 0.462. The first kappa shape index (κ1) is 14.0. The Labute approximate surface area is 117 Å². The van der Waals surface area contributed by atoms with Crippen molar-refractivity contribution in [2.75, 3.05) is 25.9 Å². The number of ether oxygens (including phenoxy) is 1. The van der Waals surface area contributed by atoms with Gasteiger partial charge in [-0.25, -0.2) is 0 Å². The van der Waals surface area contributed by atoms with Crippen LogP contribution in [-0.4, -0.2) is 37.0 Å². The first-order valence-corrected chi connectivity index (χ1v) is 6.58. The van der Waals surface area contributed by atoms with E-state index in [1.54, 1.807) is 17.0 Å². The number of likely N-dealkylation sites (tertiary alicyclic amines) is 1. The Morgan fingerprint density at radius 3 is 2.89 bits per heavy atom. The maximum Gasteiger partial charge on any atom is 0.257 e. The van der Waals surface area contributed by atoms with Crippen LogP contribution in [0.1, 0.15) is 23.2 Å². The normalized spacial score (nSPS) is 19.3. The lowest BCUT2D eigenvalue weighted by molar-refractivity contribution is 0.0705. The Morgan fingerprint density at radius 1 is 1.53 bits per heavy atom. The number of halogens is 1. The van der Waals surface area contributed by atoms with Crippen LogP contribution < -0.4 is 16.2 Å². The average molecular weight is 284 g/mol. The molecular formula is C13H18ClN3O2. The van der Waals surface area contributed by atoms with Gasteiger partial charge in [-0.05, 0) is 18.9 Å². The lowest BCUT2D eigenvalue weighted by Gasteiger charge is -2.31. The van der Waals surface area contributed by atoms with Crippen LogP contribution in [0.15, 0.2) is 12.1 Å². The molecule has 1 aromatic carbocycles. The van der Waals surface area contributed by atoms with E-state index in [1.807, 2.05) is 0 Å². The number of methoxy groups -OCH3 is 1. The molecule has 1 atom stereocenters. The number of hydrogen-bond acceptors (Lipinski definition) is 4. The first-order chi connectivity index (χ1) is 9.02. The molecule has 1 aliphatic heterocycles. The van der Waals surface area contributed by atoms with E-state index in [1.165, 1.54) is 7.11 Å². The average Bonchev–Trinajstić information content (AvgIpc) is 2.40. The smallest absolute Gasteiger partial charge is 0.257 e. The third-order valence-electron chi connectivity index (χ3n) is 3.29. The highest BCUT2D eigenvalue weighted by Crippen LogP contribution is 2.30. The number of nitrogen functional groups attached to an aromatic ring is 1. The van der Waals surface area contributed by atoms with E-state index in [-0.39, 0.29) is 11.9 Å². The van der Waals surface area contributed by atoms with Gasteiger partial charge in [0.05, 0.1) is 23.4 Å². The van der Waals surface area contributed by atoms with Crippen molar-refractivity contribution in [1.82, 2.24) is 4.90 Å². The molecule has 1 saturated heterocycles. The summed E-state index contributed by atoms with van der Waals surface area (Å²) in [6.07, 6.45) is 1.86. The third-order valence-corrected chi connectivity index (χ3v) is 3.62. The number of rotatable bonds is 2. The highest BCUT2D eigenvalue weighted by molar-refractivity contribution is 6.33. The van der Waals surface area contributed by atoms with Gasteiger partial charge in [-0.15, -0.1) is 0 Å². The molecule has 104 valence electrons. The molecule has 4 N–H and O–H groups in total. The molecule has 0 saturated carbocycles. The number of carbonyl (C=O) groups excluding carboxylic acids is 1. The van der Waals surface area contributed by atoms with Crippen molar-refractivity contribution >= 4 is 23.2 Å². The molecule has 1 aliphatic rings. The number of amides is 1. The van der Waals surface area contributed by atoms with Gasteiger partial charge in [0.2, 0.25) is 0 Å². The van der Waals surface area contributed by atoms with E-state index in [0.717, 1.165) is 12.8 Å². The highest BCUT2D eigenvalue weighted by Gasteiger charge is 2.25. The summed E-state index contributed by atoms with van der Waals surface area (Å²) in [5, 5.41) is 0.352. The Hall–Kier alpha value is -1.46. The van der Waals surface area contributed by atoms with Crippen LogP contribution >= 0.6 is 11.6 Å². The maximum absolute atomic E-state index is 12.5. The number of benzene rings is 1. The zero-order valence-electron chi connectivity index (χ0n) is 10.9. The fourth-order valence-electron chi connectivity index (χ4n) is 2.27. The van der Waals surface area contributed by atoms with Gasteiger partial charge in [-0.3, -0.25) is 4.79 Å². The number of nitrogens with zero attached hydrogens (tertiary/aromatic N) is 1. The fourth-order valence-corrected chi connectivity index (χ4v) is 2.43. The minimum atomic E-state index is -0.117. The Morgan fingerprint density at radius 2 is 2.26 bits per heavy atom. The molecule has 2 rings (SSSR count). The van der Waals surface area contributed by atoms with Gasteiger partial charge < -0.3 is 21.1 Å². The standard InChI is InChI=1S/C13H18ClN3O2/c1-19-12-6-11(16)10(14)5-9(12)13(18)17-4-2-3-8(15)7-17/h5-6,8H,2-4,7,15-16H2,1H3. The second-order valence-electron chi connectivity index (χ2n) is 4.73. The van der Waals surface area contributed by atoms with E-state index in [4.69, 9.17) is 27.8 Å². The van der Waals surface area contributed by atoms with Gasteiger partial charge in [0, 0.05) is 25.2 Å². The van der Waals surface area contributed by atoms with Crippen LogP contribution in [-0.2, 0) is 0 Å². The minimum Gasteiger partial charge on any atom is -0.496 e. The zero-order valence-corrected chi connectivity index (χ0v) is 11.6. The molecule has 0 aromatic heterocycles. The second-order valence-corrected chi connectivity index (χ2v) is 5.13. The van der Waals surface area contributed by atoms with Crippen molar-refractivity contribution in [3.63, 3.8) is 0 Å². The quantitative estimate of drug-likeness (QED) is 0.806. The van der Waals surface area contributed by atoms with Crippen LogP contribution in [0.25, 0.3) is 0 Å². The molecule has 0 spiro atoms. The van der Waals surface area contributed by atoms with Crippen molar-refractivity contribution in [2.45, 2.75) is 18.9 Å². The van der Waals surface area contributed by atoms with E-state index in [2.05, 4.69) is 0 Å². The van der Waals surface area contributed by atoms with Crippen LogP contribution in [0, 0.1) is 0 Å². The van der Waals surface area contributed by atoms with Crippen molar-refractivity contribution in [3.05, 3.63) is 22.7 Å². The molecule has 1 heterocycles. The Balaban J connectivity index is 2.30. The number of piperidine rings is 1. The molecule has 1 amide bonds. The summed E-state index contributed by atoms with van der Waals surface area (Å²) < 4.78 is 5.20. The van der Waals surface area contributed by atoms with Crippen molar-refractivity contribution < 1.29 is 9.53 Å². The Kier molecular flexibility index (Phi) is 4.17. The van der Waals surface area contributed by atoms with E-state index in [9.17, 15) is 4.79 Å². The van der Waals surface area contributed by atoms with Crippen molar-refractivity contribution in [3.8, 4) is 5.75 Å². The third kappa shape index (κ3) is 2.93. The molecule has 19 heavy (non-hydrogen) atoms. The van der Waals surface area contributed by atoms with Gasteiger partial charge in [0.1, 0.15) is 5.75 Å². The largest absolute Gasteiger partial charge is 0.496 e. The lowest BCUT2D eigenvalue weighted by Crippen LogP contribution is -2.45. The SMILES string of the molecule is COc1cc(N)c(Cl)cc1C(=O)N1CCCC(N)C1. The van der Waals surface area contributed by atoms with Crippen molar-refractivity contribution in [2.24, 2.45) is 5.73 Å². The molecule has 6 heteroatoms. The topological polar surface area (TPSA) is 81.6 Å². The van der Waals surface area contributed by atoms with Gasteiger partial charge in [-0.2, -0.15) is 0 Å². The van der Waals surface area contributed by atoms with Crippen LogP contribution in [0.2, 0.25) is 5.02 Å². The number of carbonyl (C=O) groups is 1. The van der Waals surface area contributed by atoms with Crippen LogP contribution in [0.3, 0.4) is 0 Å². The number of nitrogens with two attached hydrogens (primary N) is 2. The molecule has 1 aromatic rings. The van der Waals surface area contributed by atoms with Gasteiger partial charge >= 0.3 is 0 Å². The summed E-state index contributed by atoms with van der Waals surface area (Å²) in [6, 6.07) is 3.16. The molecule has 1 unspecified atom stereocenters. The highest BCUT2D eigenvalue weighted by atomic mass is 35.5. The number of anilines is 1. The van der Waals surface area contributed by atoms with Gasteiger partial charge in [-0.1, -0.05) is 11.6 Å². The second kappa shape index (κ2) is 5.67. The van der Waals surface area contributed by atoms with Crippen molar-refractivity contribution in [1.29, 1.82) is 0 Å². The lowest BCUT2D eigenvalue weighted by atomic mass is 10.0. The molecule has 0 bridgehead atoms. The zero-order chi connectivity index (χ0) is 14.0. The first-order valence-electron chi connectivity index (χ1n) is 6.20. The van der Waals surface area contributed by atoms with Gasteiger partial charge in [0.15, 0.2) is 0 Å². The van der Waals surface area contributed by atoms with E-state index < -0.39 is 0 Å². The van der Waals surface area contributed by atoms with E-state index >= 15 is 0 Å². The molecule has 5 nitrogen and oxygen atoms in total. The summed E-state index contributed by atoms with van der Waals surface area (Å²) in [7, 11) is 1.50. The molecule has 1 fully saturated rings. The summed E-state index contributed by atoms with van der Waals surface area (Å²) in [5.74, 6) is 0.319. The minimum absolute atomic E-state index is 0.0351. The molecule has 0 radical (unpaired) electrons. The van der Waals surface area contributed by atoms with Gasteiger partial charge in [0.25, 0.3) is 5.91 Å². The van der Waals surface area contributed by atoms with Crippen LogP contribution in [0.5, 0.6) is 5.75 Å². The summed E-state index contributed by atoms with van der Waals surface area (Å²) in [5.41, 5.74) is 12.4. The summed E-state index contributed by atoms with van der Waals surface area (Å²) in [4.78, 5) is 14.2. The predicted molar refractivity (Wildman–Crippen MR) is 75.5 cm³/mol. The number of hydrogen-bond donors (Lipinski definition) is 2. The monoisotopic (exact) mass is 283 g/mol. The molecular weight excluding hydrogens is 266 g/mol. The summed E-state index contributed by atoms with van der Waals surface area (Å²) in [6.45, 7) is 1.27. The van der Waals surface area contributed by atoms with E-state index in [0.29, 0.717) is 35.1 Å². The molecule has 0 aliphatic carbocycles.